The van der Waals surface area contributed by atoms with E-state index in [-0.39, 0.29) is 0 Å². The molecule has 1 saturated heterocycles. The molecule has 6 nitrogen and oxygen atoms in total. The first-order valence-corrected chi connectivity index (χ1v) is 8.90. The molecule has 0 saturated carbocycles. The van der Waals surface area contributed by atoms with Crippen molar-refractivity contribution in [1.29, 1.82) is 0 Å². The van der Waals surface area contributed by atoms with E-state index in [0.29, 0.717) is 11.8 Å². The summed E-state index contributed by atoms with van der Waals surface area (Å²) in [6.45, 7) is 4.79. The zero-order chi connectivity index (χ0) is 17.6. The van der Waals surface area contributed by atoms with E-state index in [1.807, 2.05) is 30.3 Å². The second-order valence-corrected chi connectivity index (χ2v) is 6.38. The van der Waals surface area contributed by atoms with E-state index < -0.39 is 0 Å². The van der Waals surface area contributed by atoms with Gasteiger partial charge in [0, 0.05) is 38.4 Å². The molecule has 1 N–H and O–H groups in total. The van der Waals surface area contributed by atoms with E-state index in [2.05, 4.69) is 60.6 Å². The van der Waals surface area contributed by atoms with Crippen LogP contribution in [0.5, 0.6) is 0 Å². The van der Waals surface area contributed by atoms with Crippen molar-refractivity contribution < 1.29 is 0 Å². The van der Waals surface area contributed by atoms with Gasteiger partial charge < -0.3 is 10.2 Å². The molecule has 26 heavy (non-hydrogen) atoms. The molecule has 0 atom stereocenters. The van der Waals surface area contributed by atoms with Gasteiger partial charge in [-0.3, -0.25) is 4.90 Å². The number of nitrogens with zero attached hydrogens (tertiary/aromatic N) is 5. The molecule has 2 aromatic carbocycles. The highest BCUT2D eigenvalue weighted by Gasteiger charge is 2.19. The second-order valence-electron chi connectivity index (χ2n) is 6.38. The van der Waals surface area contributed by atoms with E-state index in [9.17, 15) is 0 Å². The zero-order valence-corrected chi connectivity index (χ0v) is 14.6. The molecule has 0 aliphatic carbocycles. The van der Waals surface area contributed by atoms with Crippen LogP contribution in [0, 0.1) is 0 Å². The summed E-state index contributed by atoms with van der Waals surface area (Å²) < 4.78 is 0. The van der Waals surface area contributed by atoms with Crippen molar-refractivity contribution in [2.45, 2.75) is 6.54 Å². The molecule has 0 amide bonds. The topological polar surface area (TPSA) is 57.2 Å². The van der Waals surface area contributed by atoms with Crippen molar-refractivity contribution in [1.82, 2.24) is 20.1 Å². The summed E-state index contributed by atoms with van der Waals surface area (Å²) in [7, 11) is 0. The first-order chi connectivity index (χ1) is 12.9. The van der Waals surface area contributed by atoms with Gasteiger partial charge in [-0.2, -0.15) is 10.1 Å². The summed E-state index contributed by atoms with van der Waals surface area (Å²) in [4.78, 5) is 9.29. The summed E-state index contributed by atoms with van der Waals surface area (Å²) in [5, 5.41) is 11.6. The molecule has 3 aromatic rings. The number of aromatic nitrogens is 3. The molecule has 132 valence electrons. The van der Waals surface area contributed by atoms with E-state index in [0.717, 1.165) is 38.4 Å². The molecule has 1 aliphatic heterocycles. The smallest absolute Gasteiger partial charge is 0.247 e. The Kier molecular flexibility index (Phi) is 5.02. The van der Waals surface area contributed by atoms with Crippen LogP contribution < -0.4 is 10.2 Å². The highest BCUT2D eigenvalue weighted by Crippen LogP contribution is 2.17. The van der Waals surface area contributed by atoms with Crippen LogP contribution in [0.25, 0.3) is 0 Å². The monoisotopic (exact) mass is 346 g/mol. The molecular formula is C20H22N6. The van der Waals surface area contributed by atoms with Gasteiger partial charge in [0.25, 0.3) is 0 Å². The first kappa shape index (κ1) is 16.5. The summed E-state index contributed by atoms with van der Waals surface area (Å²) in [6.07, 6.45) is 1.65. The van der Waals surface area contributed by atoms with Crippen molar-refractivity contribution in [3.8, 4) is 0 Å². The Morgan fingerprint density at radius 1 is 0.846 bits per heavy atom. The van der Waals surface area contributed by atoms with Gasteiger partial charge in [-0.25, -0.2) is 0 Å². The van der Waals surface area contributed by atoms with E-state index in [4.69, 9.17) is 0 Å². The molecule has 0 radical (unpaired) electrons. The van der Waals surface area contributed by atoms with E-state index in [1.165, 1.54) is 5.56 Å². The summed E-state index contributed by atoms with van der Waals surface area (Å²) in [5.41, 5.74) is 2.35. The van der Waals surface area contributed by atoms with Crippen LogP contribution in [0.1, 0.15) is 5.56 Å². The van der Waals surface area contributed by atoms with Gasteiger partial charge in [0.2, 0.25) is 5.95 Å². The Morgan fingerprint density at radius 3 is 2.27 bits per heavy atom. The third-order valence-electron chi connectivity index (χ3n) is 4.50. The maximum absolute atomic E-state index is 4.62. The van der Waals surface area contributed by atoms with Gasteiger partial charge in [0.15, 0.2) is 5.82 Å². The number of anilines is 3. The lowest BCUT2D eigenvalue weighted by Gasteiger charge is -2.34. The number of hydrogen-bond acceptors (Lipinski definition) is 6. The van der Waals surface area contributed by atoms with Crippen molar-refractivity contribution >= 4 is 17.5 Å². The van der Waals surface area contributed by atoms with Gasteiger partial charge in [-0.15, -0.1) is 5.10 Å². The van der Waals surface area contributed by atoms with Gasteiger partial charge in [-0.1, -0.05) is 48.5 Å². The Balaban J connectivity index is 1.36. The third-order valence-corrected chi connectivity index (χ3v) is 4.50. The molecule has 6 heteroatoms. The van der Waals surface area contributed by atoms with Gasteiger partial charge in [0.05, 0.1) is 6.20 Å². The van der Waals surface area contributed by atoms with Crippen LogP contribution in [0.3, 0.4) is 0 Å². The van der Waals surface area contributed by atoms with Crippen LogP contribution >= 0.6 is 0 Å². The molecule has 4 rings (SSSR count). The number of rotatable bonds is 5. The maximum atomic E-state index is 4.62. The fraction of sp³-hybridized carbons (Fsp3) is 0.250. The Morgan fingerprint density at radius 2 is 1.54 bits per heavy atom. The van der Waals surface area contributed by atoms with Gasteiger partial charge in [0.1, 0.15) is 0 Å². The highest BCUT2D eigenvalue weighted by molar-refractivity contribution is 5.55. The number of para-hydroxylation sites is 1. The maximum Gasteiger partial charge on any atom is 0.247 e. The zero-order valence-electron chi connectivity index (χ0n) is 14.6. The summed E-state index contributed by atoms with van der Waals surface area (Å²) in [5.74, 6) is 1.40. The van der Waals surface area contributed by atoms with E-state index >= 15 is 0 Å². The minimum atomic E-state index is 0.685. The fourth-order valence-corrected chi connectivity index (χ4v) is 3.11. The quantitative estimate of drug-likeness (QED) is 0.767. The Bertz CT molecular complexity index is 816. The minimum absolute atomic E-state index is 0.685. The molecule has 0 bridgehead atoms. The molecule has 0 unspecified atom stereocenters. The predicted octanol–water partition coefficient (Wildman–Crippen LogP) is 2.94. The number of nitrogens with one attached hydrogen (secondary N) is 1. The van der Waals surface area contributed by atoms with Crippen LogP contribution in [-0.4, -0.2) is 46.3 Å². The Hall–Kier alpha value is -2.99. The summed E-state index contributed by atoms with van der Waals surface area (Å²) >= 11 is 0. The minimum Gasteiger partial charge on any atom is -0.339 e. The van der Waals surface area contributed by atoms with Crippen molar-refractivity contribution in [2.75, 3.05) is 36.4 Å². The molecule has 1 aliphatic rings. The second kappa shape index (κ2) is 7.93. The van der Waals surface area contributed by atoms with E-state index in [1.54, 1.807) is 6.20 Å². The first-order valence-electron chi connectivity index (χ1n) is 8.90. The average molecular weight is 346 g/mol. The van der Waals surface area contributed by atoms with Crippen LogP contribution in [0.4, 0.5) is 17.5 Å². The molecule has 2 heterocycles. The van der Waals surface area contributed by atoms with Crippen LogP contribution in [0.2, 0.25) is 0 Å². The van der Waals surface area contributed by atoms with Gasteiger partial charge in [-0.05, 0) is 17.7 Å². The molecule has 1 aromatic heterocycles. The molecular weight excluding hydrogens is 324 g/mol. The number of benzene rings is 2. The number of piperazine rings is 1. The lowest BCUT2D eigenvalue weighted by molar-refractivity contribution is 0.248. The van der Waals surface area contributed by atoms with Crippen molar-refractivity contribution in [2.24, 2.45) is 0 Å². The van der Waals surface area contributed by atoms with Gasteiger partial charge >= 0.3 is 0 Å². The standard InChI is InChI=1S/C20H22N6/c1-3-7-17(8-4-1)16-25-11-13-26(14-12-25)20-23-19(15-21-24-20)22-18-9-5-2-6-10-18/h1-10,15H,11-14,16H2,(H,22,23,24). The van der Waals surface area contributed by atoms with Crippen molar-refractivity contribution in [3.63, 3.8) is 0 Å². The lowest BCUT2D eigenvalue weighted by atomic mass is 10.2. The normalized spacial score (nSPS) is 15.0. The Labute approximate surface area is 153 Å². The molecule has 0 spiro atoms. The fourth-order valence-electron chi connectivity index (χ4n) is 3.11. The predicted molar refractivity (Wildman–Crippen MR) is 103 cm³/mol. The molecule has 1 fully saturated rings. The average Bonchev–Trinajstić information content (AvgIpc) is 2.70. The lowest BCUT2D eigenvalue weighted by Crippen LogP contribution is -2.46. The van der Waals surface area contributed by atoms with Crippen molar-refractivity contribution in [3.05, 3.63) is 72.4 Å². The summed E-state index contributed by atoms with van der Waals surface area (Å²) in [6, 6.07) is 20.6. The number of hydrogen-bond donors (Lipinski definition) is 1. The van der Waals surface area contributed by atoms with Crippen LogP contribution in [0.15, 0.2) is 66.9 Å². The van der Waals surface area contributed by atoms with Crippen LogP contribution in [-0.2, 0) is 6.54 Å². The largest absolute Gasteiger partial charge is 0.339 e. The highest BCUT2D eigenvalue weighted by atomic mass is 15.4. The SMILES string of the molecule is c1ccc(CN2CCN(c3nncc(Nc4ccccc4)n3)CC2)cc1. The third kappa shape index (κ3) is 4.15.